The second-order valence-corrected chi connectivity index (χ2v) is 5.06. The highest BCUT2D eigenvalue weighted by Gasteiger charge is 2.12. The molecule has 96 valence electrons. The van der Waals surface area contributed by atoms with Gasteiger partial charge in [0.2, 0.25) is 0 Å². The van der Waals surface area contributed by atoms with Gasteiger partial charge in [-0.15, -0.1) is 0 Å². The molecule has 5 heteroatoms. The molecule has 0 bridgehead atoms. The van der Waals surface area contributed by atoms with Crippen molar-refractivity contribution in [2.45, 2.75) is 20.4 Å². The van der Waals surface area contributed by atoms with Gasteiger partial charge in [0.1, 0.15) is 17.3 Å². The lowest BCUT2D eigenvalue weighted by molar-refractivity contribution is 0.527. The maximum absolute atomic E-state index is 13.4. The van der Waals surface area contributed by atoms with Crippen molar-refractivity contribution in [2.75, 3.05) is 5.73 Å². The molecule has 0 unspecified atom stereocenters. The SMILES string of the molecule is CC(C)Cn1cnc(-c2ccc(Cl)c(F)c2)c1N. The Morgan fingerprint density at radius 3 is 2.78 bits per heavy atom. The van der Waals surface area contributed by atoms with E-state index < -0.39 is 5.82 Å². The van der Waals surface area contributed by atoms with Crippen LogP contribution < -0.4 is 5.73 Å². The molecule has 0 aliphatic carbocycles. The molecule has 1 aromatic heterocycles. The number of hydrogen-bond donors (Lipinski definition) is 1. The molecule has 0 atom stereocenters. The maximum Gasteiger partial charge on any atom is 0.142 e. The summed E-state index contributed by atoms with van der Waals surface area (Å²) in [5.74, 6) is 0.550. The van der Waals surface area contributed by atoms with Gasteiger partial charge in [-0.2, -0.15) is 0 Å². The van der Waals surface area contributed by atoms with E-state index in [0.717, 1.165) is 6.54 Å². The molecule has 2 N–H and O–H groups in total. The van der Waals surface area contributed by atoms with Crippen LogP contribution in [0.1, 0.15) is 13.8 Å². The van der Waals surface area contributed by atoms with Gasteiger partial charge in [-0.1, -0.05) is 31.5 Å². The quantitative estimate of drug-likeness (QED) is 0.924. The number of nitrogens with two attached hydrogens (primary N) is 1. The summed E-state index contributed by atoms with van der Waals surface area (Å²) in [6.45, 7) is 4.98. The highest BCUT2D eigenvalue weighted by atomic mass is 35.5. The van der Waals surface area contributed by atoms with Crippen molar-refractivity contribution in [3.05, 3.63) is 35.4 Å². The summed E-state index contributed by atoms with van der Waals surface area (Å²) in [4.78, 5) is 4.24. The topological polar surface area (TPSA) is 43.8 Å². The molecule has 0 saturated heterocycles. The molecule has 2 rings (SSSR count). The fraction of sp³-hybridized carbons (Fsp3) is 0.308. The monoisotopic (exact) mass is 267 g/mol. The smallest absolute Gasteiger partial charge is 0.142 e. The van der Waals surface area contributed by atoms with E-state index in [2.05, 4.69) is 18.8 Å². The number of nitrogen functional groups attached to an aromatic ring is 1. The van der Waals surface area contributed by atoms with E-state index in [4.69, 9.17) is 17.3 Å². The molecule has 0 saturated carbocycles. The Balaban J connectivity index is 2.39. The predicted octanol–water partition coefficient (Wildman–Crippen LogP) is 3.58. The van der Waals surface area contributed by atoms with Gasteiger partial charge in [-0.05, 0) is 18.1 Å². The standard InChI is InChI=1S/C13H15ClFN3/c1-8(2)6-18-7-17-12(13(18)16)9-3-4-10(14)11(15)5-9/h3-5,7-8H,6,16H2,1-2H3. The minimum Gasteiger partial charge on any atom is -0.383 e. The molecule has 0 aliphatic rings. The zero-order valence-electron chi connectivity index (χ0n) is 10.3. The fourth-order valence-corrected chi connectivity index (χ4v) is 1.91. The van der Waals surface area contributed by atoms with E-state index in [1.807, 2.05) is 4.57 Å². The van der Waals surface area contributed by atoms with Crippen LogP contribution in [0.5, 0.6) is 0 Å². The lowest BCUT2D eigenvalue weighted by Gasteiger charge is -2.08. The average Bonchev–Trinajstić information content (AvgIpc) is 2.64. The molecule has 3 nitrogen and oxygen atoms in total. The minimum atomic E-state index is -0.466. The Morgan fingerprint density at radius 1 is 1.44 bits per heavy atom. The van der Waals surface area contributed by atoms with Crippen LogP contribution in [0, 0.1) is 11.7 Å². The molecule has 0 spiro atoms. The molecule has 2 aromatic rings. The van der Waals surface area contributed by atoms with Gasteiger partial charge >= 0.3 is 0 Å². The van der Waals surface area contributed by atoms with Gasteiger partial charge in [0.25, 0.3) is 0 Å². The summed E-state index contributed by atoms with van der Waals surface area (Å²) in [6, 6.07) is 4.57. The van der Waals surface area contributed by atoms with Crippen LogP contribution in [0.2, 0.25) is 5.02 Å². The number of halogens is 2. The Morgan fingerprint density at radius 2 is 2.17 bits per heavy atom. The summed E-state index contributed by atoms with van der Waals surface area (Å²) in [7, 11) is 0. The second kappa shape index (κ2) is 4.98. The van der Waals surface area contributed by atoms with Crippen molar-refractivity contribution in [2.24, 2.45) is 5.92 Å². The number of benzene rings is 1. The third-order valence-corrected chi connectivity index (χ3v) is 2.94. The summed E-state index contributed by atoms with van der Waals surface area (Å²) in [5.41, 5.74) is 7.24. The van der Waals surface area contributed by atoms with Crippen molar-refractivity contribution in [3.8, 4) is 11.3 Å². The van der Waals surface area contributed by atoms with Gasteiger partial charge in [0.05, 0.1) is 11.3 Å². The van der Waals surface area contributed by atoms with E-state index in [1.54, 1.807) is 12.4 Å². The summed E-state index contributed by atoms with van der Waals surface area (Å²) in [6.07, 6.45) is 1.68. The lowest BCUT2D eigenvalue weighted by Crippen LogP contribution is -2.06. The third kappa shape index (κ3) is 2.48. The number of hydrogen-bond acceptors (Lipinski definition) is 2. The highest BCUT2D eigenvalue weighted by molar-refractivity contribution is 6.30. The molecule has 0 radical (unpaired) electrons. The molecule has 1 heterocycles. The predicted molar refractivity (Wildman–Crippen MR) is 71.9 cm³/mol. The highest BCUT2D eigenvalue weighted by Crippen LogP contribution is 2.27. The Bertz CT molecular complexity index is 563. The second-order valence-electron chi connectivity index (χ2n) is 4.65. The summed E-state index contributed by atoms with van der Waals surface area (Å²) < 4.78 is 15.3. The first-order valence-electron chi connectivity index (χ1n) is 5.75. The van der Waals surface area contributed by atoms with Crippen molar-refractivity contribution >= 4 is 17.4 Å². The third-order valence-electron chi connectivity index (χ3n) is 2.63. The zero-order valence-corrected chi connectivity index (χ0v) is 11.1. The minimum absolute atomic E-state index is 0.0962. The number of nitrogens with zero attached hydrogens (tertiary/aromatic N) is 2. The van der Waals surface area contributed by atoms with E-state index in [0.29, 0.717) is 23.0 Å². The fourth-order valence-electron chi connectivity index (χ4n) is 1.80. The molecule has 1 aromatic carbocycles. The average molecular weight is 268 g/mol. The summed E-state index contributed by atoms with van der Waals surface area (Å²) in [5, 5.41) is 0.0962. The van der Waals surface area contributed by atoms with Crippen molar-refractivity contribution < 1.29 is 4.39 Å². The van der Waals surface area contributed by atoms with Crippen molar-refractivity contribution in [1.29, 1.82) is 0 Å². The molecule has 0 fully saturated rings. The van der Waals surface area contributed by atoms with Gasteiger partial charge in [0.15, 0.2) is 0 Å². The van der Waals surface area contributed by atoms with E-state index in [9.17, 15) is 4.39 Å². The normalized spacial score (nSPS) is 11.2. The molecule has 0 aliphatic heterocycles. The van der Waals surface area contributed by atoms with Crippen molar-refractivity contribution in [1.82, 2.24) is 9.55 Å². The van der Waals surface area contributed by atoms with Crippen LogP contribution >= 0.6 is 11.6 Å². The van der Waals surface area contributed by atoms with Crippen LogP contribution in [0.25, 0.3) is 11.3 Å². The van der Waals surface area contributed by atoms with Crippen LogP contribution in [0.4, 0.5) is 10.2 Å². The lowest BCUT2D eigenvalue weighted by atomic mass is 10.1. The Kier molecular flexibility index (Phi) is 3.57. The van der Waals surface area contributed by atoms with Gasteiger partial charge in [-0.3, -0.25) is 0 Å². The first-order chi connectivity index (χ1) is 8.49. The first-order valence-corrected chi connectivity index (χ1v) is 6.13. The van der Waals surface area contributed by atoms with Crippen molar-refractivity contribution in [3.63, 3.8) is 0 Å². The van der Waals surface area contributed by atoms with Crippen LogP contribution in [0.3, 0.4) is 0 Å². The molecule has 0 amide bonds. The van der Waals surface area contributed by atoms with E-state index in [-0.39, 0.29) is 5.02 Å². The molecular formula is C13H15ClFN3. The largest absolute Gasteiger partial charge is 0.383 e. The molecule has 18 heavy (non-hydrogen) atoms. The van der Waals surface area contributed by atoms with Crippen LogP contribution in [0.15, 0.2) is 24.5 Å². The zero-order chi connectivity index (χ0) is 13.3. The molecular weight excluding hydrogens is 253 g/mol. The number of imidazole rings is 1. The number of anilines is 1. The van der Waals surface area contributed by atoms with Gasteiger partial charge in [-0.25, -0.2) is 9.37 Å². The number of aromatic nitrogens is 2. The Hall–Kier alpha value is -1.55. The van der Waals surface area contributed by atoms with Crippen LogP contribution in [-0.2, 0) is 6.54 Å². The van der Waals surface area contributed by atoms with E-state index >= 15 is 0 Å². The van der Waals surface area contributed by atoms with Gasteiger partial charge in [0, 0.05) is 12.1 Å². The summed E-state index contributed by atoms with van der Waals surface area (Å²) >= 11 is 5.65. The van der Waals surface area contributed by atoms with Crippen LogP contribution in [-0.4, -0.2) is 9.55 Å². The Labute approximate surface area is 110 Å². The van der Waals surface area contributed by atoms with E-state index in [1.165, 1.54) is 12.1 Å². The first kappa shape index (κ1) is 12.9. The number of rotatable bonds is 3. The maximum atomic E-state index is 13.4. The van der Waals surface area contributed by atoms with Gasteiger partial charge < -0.3 is 10.3 Å².